The van der Waals surface area contributed by atoms with Crippen molar-refractivity contribution in [2.24, 2.45) is 17.8 Å². The average Bonchev–Trinajstić information content (AvgIpc) is 3.28. The van der Waals surface area contributed by atoms with Crippen molar-refractivity contribution in [3.8, 4) is 0 Å². The number of ether oxygens (including phenoxy) is 1. The van der Waals surface area contributed by atoms with Gasteiger partial charge in [-0.1, -0.05) is 12.5 Å². The number of hydrogen-bond acceptors (Lipinski definition) is 3. The van der Waals surface area contributed by atoms with Gasteiger partial charge in [-0.25, -0.2) is 0 Å². The van der Waals surface area contributed by atoms with Gasteiger partial charge >= 0.3 is 0 Å². The van der Waals surface area contributed by atoms with Gasteiger partial charge in [-0.05, 0) is 62.8 Å². The highest BCUT2D eigenvalue weighted by Gasteiger charge is 2.63. The molecule has 2 amide bonds. The minimum Gasteiger partial charge on any atom is -0.369 e. The maximum absolute atomic E-state index is 13.1. The number of nitrogens with zero attached hydrogens (tertiary/aromatic N) is 1. The summed E-state index contributed by atoms with van der Waals surface area (Å²) in [5.41, 5.74) is 2.94. The monoisotopic (exact) mass is 382 g/mol. The molecule has 2 bridgehead atoms. The number of benzene rings is 1. The lowest BCUT2D eigenvalue weighted by atomic mass is 9.73. The Morgan fingerprint density at radius 3 is 2.75 bits per heavy atom. The van der Waals surface area contributed by atoms with Crippen LogP contribution in [-0.4, -0.2) is 48.1 Å². The smallest absolute Gasteiger partial charge is 0.253 e. The second-order valence-corrected chi connectivity index (χ2v) is 9.39. The van der Waals surface area contributed by atoms with Crippen LogP contribution >= 0.6 is 0 Å². The van der Waals surface area contributed by atoms with Crippen LogP contribution in [0.15, 0.2) is 18.2 Å². The fraction of sp³-hybridized carbons (Fsp3) is 0.652. The Labute approximate surface area is 166 Å². The molecule has 3 heterocycles. The molecule has 4 fully saturated rings. The van der Waals surface area contributed by atoms with E-state index in [0.717, 1.165) is 43.4 Å². The van der Waals surface area contributed by atoms with Crippen LogP contribution in [0.25, 0.3) is 0 Å². The van der Waals surface area contributed by atoms with E-state index in [-0.39, 0.29) is 29.4 Å². The van der Waals surface area contributed by atoms with Crippen molar-refractivity contribution < 1.29 is 14.3 Å². The number of hydrogen-bond donors (Lipinski definition) is 1. The van der Waals surface area contributed by atoms with Crippen LogP contribution in [0.3, 0.4) is 0 Å². The van der Waals surface area contributed by atoms with Crippen molar-refractivity contribution in [2.45, 2.75) is 57.7 Å². The molecule has 1 aliphatic carbocycles. The van der Waals surface area contributed by atoms with Gasteiger partial charge in [0.1, 0.15) is 0 Å². The van der Waals surface area contributed by atoms with E-state index < -0.39 is 0 Å². The zero-order chi connectivity index (χ0) is 19.5. The summed E-state index contributed by atoms with van der Waals surface area (Å²) in [7, 11) is 0. The summed E-state index contributed by atoms with van der Waals surface area (Å²) < 4.78 is 6.44. The molecule has 1 spiro atoms. The lowest BCUT2D eigenvalue weighted by molar-refractivity contribution is -0.127. The quantitative estimate of drug-likeness (QED) is 0.871. The lowest BCUT2D eigenvalue weighted by Gasteiger charge is -2.30. The summed E-state index contributed by atoms with van der Waals surface area (Å²) in [6.45, 7) is 6.24. The highest BCUT2D eigenvalue weighted by atomic mass is 16.5. The maximum Gasteiger partial charge on any atom is 0.253 e. The molecule has 1 aromatic rings. The summed E-state index contributed by atoms with van der Waals surface area (Å²) in [6, 6.07) is 5.96. The second kappa shape index (κ2) is 6.58. The summed E-state index contributed by atoms with van der Waals surface area (Å²) in [5.74, 6) is 1.21. The maximum atomic E-state index is 13.1. The first-order valence-electron chi connectivity index (χ1n) is 10.8. The number of carbonyl (C=O) groups is 2. The number of amides is 2. The Kier molecular flexibility index (Phi) is 4.27. The first-order valence-corrected chi connectivity index (χ1v) is 10.8. The SMILES string of the molecule is Cc1ccc(C(=O)N2C[C@@H]3[C@H](CNC(=O)C4CCC4)[C@H]4CC[C@]3(C2)O4)cc1C. The first kappa shape index (κ1) is 18.2. The van der Waals surface area contributed by atoms with Gasteiger partial charge in [0.2, 0.25) is 5.91 Å². The fourth-order valence-corrected chi connectivity index (χ4v) is 5.71. The third kappa shape index (κ3) is 2.78. The molecule has 4 aliphatic rings. The van der Waals surface area contributed by atoms with Crippen LogP contribution in [0.5, 0.6) is 0 Å². The standard InChI is InChI=1S/C23H30N2O3/c1-14-6-7-17(10-15(14)2)22(27)25-12-19-18(11-24-21(26)16-4-3-5-16)20-8-9-23(19,13-25)28-20/h6-7,10,16,18-20H,3-5,8-9,11-13H2,1-2H3,(H,24,26)/t18-,19+,20+,23+/m0/s1. The average molecular weight is 383 g/mol. The summed E-state index contributed by atoms with van der Waals surface area (Å²) >= 11 is 0. The molecular formula is C23H30N2O3. The highest BCUT2D eigenvalue weighted by molar-refractivity contribution is 5.94. The van der Waals surface area contributed by atoms with E-state index in [1.807, 2.05) is 23.1 Å². The fourth-order valence-electron chi connectivity index (χ4n) is 5.71. The van der Waals surface area contributed by atoms with Crippen LogP contribution < -0.4 is 5.32 Å². The van der Waals surface area contributed by atoms with Gasteiger partial charge in [0, 0.05) is 36.4 Å². The van der Waals surface area contributed by atoms with E-state index in [0.29, 0.717) is 24.9 Å². The summed E-state index contributed by atoms with van der Waals surface area (Å²) in [4.78, 5) is 27.4. The molecule has 3 aliphatic heterocycles. The van der Waals surface area contributed by atoms with Crippen LogP contribution in [0.4, 0.5) is 0 Å². The molecule has 4 atom stereocenters. The minimum absolute atomic E-state index is 0.108. The van der Waals surface area contributed by atoms with Crippen LogP contribution in [0.1, 0.15) is 53.6 Å². The van der Waals surface area contributed by atoms with Gasteiger partial charge in [0.05, 0.1) is 18.2 Å². The zero-order valence-electron chi connectivity index (χ0n) is 16.9. The lowest BCUT2D eigenvalue weighted by Crippen LogP contribution is -2.44. The molecule has 5 rings (SSSR count). The number of nitrogens with one attached hydrogen (secondary N) is 1. The molecule has 150 valence electrons. The molecule has 1 aromatic carbocycles. The Balaban J connectivity index is 1.28. The molecule has 3 saturated heterocycles. The zero-order valence-corrected chi connectivity index (χ0v) is 16.9. The molecule has 1 saturated carbocycles. The van der Waals surface area contributed by atoms with Gasteiger partial charge in [-0.2, -0.15) is 0 Å². The van der Waals surface area contributed by atoms with Crippen molar-refractivity contribution in [1.82, 2.24) is 10.2 Å². The predicted molar refractivity (Wildman–Crippen MR) is 106 cm³/mol. The number of aryl methyl sites for hydroxylation is 2. The third-order valence-corrected chi connectivity index (χ3v) is 7.81. The topological polar surface area (TPSA) is 58.6 Å². The van der Waals surface area contributed by atoms with Crippen molar-refractivity contribution in [3.05, 3.63) is 34.9 Å². The van der Waals surface area contributed by atoms with Crippen molar-refractivity contribution in [3.63, 3.8) is 0 Å². The van der Waals surface area contributed by atoms with Gasteiger partial charge < -0.3 is 15.0 Å². The number of likely N-dealkylation sites (tertiary alicyclic amines) is 1. The molecule has 5 heteroatoms. The largest absolute Gasteiger partial charge is 0.369 e. The van der Waals surface area contributed by atoms with E-state index in [1.165, 1.54) is 12.0 Å². The molecule has 0 radical (unpaired) electrons. The van der Waals surface area contributed by atoms with Crippen molar-refractivity contribution in [1.29, 1.82) is 0 Å². The van der Waals surface area contributed by atoms with Crippen molar-refractivity contribution >= 4 is 11.8 Å². The minimum atomic E-state index is -0.189. The van der Waals surface area contributed by atoms with E-state index in [1.54, 1.807) is 0 Å². The number of rotatable bonds is 4. The van der Waals surface area contributed by atoms with Crippen LogP contribution in [0.2, 0.25) is 0 Å². The van der Waals surface area contributed by atoms with E-state index >= 15 is 0 Å². The van der Waals surface area contributed by atoms with E-state index in [9.17, 15) is 9.59 Å². The molecule has 0 unspecified atom stereocenters. The van der Waals surface area contributed by atoms with Gasteiger partial charge in [-0.15, -0.1) is 0 Å². The van der Waals surface area contributed by atoms with Gasteiger partial charge in [0.25, 0.3) is 5.91 Å². The molecule has 28 heavy (non-hydrogen) atoms. The van der Waals surface area contributed by atoms with Gasteiger partial charge in [0.15, 0.2) is 0 Å². The third-order valence-electron chi connectivity index (χ3n) is 7.81. The van der Waals surface area contributed by atoms with Crippen LogP contribution in [0, 0.1) is 31.6 Å². The first-order chi connectivity index (χ1) is 13.5. The van der Waals surface area contributed by atoms with Crippen molar-refractivity contribution in [2.75, 3.05) is 19.6 Å². The van der Waals surface area contributed by atoms with E-state index in [2.05, 4.69) is 19.2 Å². The summed E-state index contributed by atoms with van der Waals surface area (Å²) in [5, 5.41) is 3.19. The highest BCUT2D eigenvalue weighted by Crippen LogP contribution is 2.54. The Bertz CT molecular complexity index is 818. The Morgan fingerprint density at radius 2 is 2.04 bits per heavy atom. The van der Waals surface area contributed by atoms with Gasteiger partial charge in [-0.3, -0.25) is 9.59 Å². The number of carbonyl (C=O) groups excluding carboxylic acids is 2. The summed E-state index contributed by atoms with van der Waals surface area (Å²) in [6.07, 6.45) is 5.56. The van der Waals surface area contributed by atoms with E-state index in [4.69, 9.17) is 4.74 Å². The second-order valence-electron chi connectivity index (χ2n) is 9.39. The molecule has 1 N–H and O–H groups in total. The predicted octanol–water partition coefficient (Wildman–Crippen LogP) is 2.84. The van der Waals surface area contributed by atoms with Crippen LogP contribution in [-0.2, 0) is 9.53 Å². The Morgan fingerprint density at radius 1 is 1.21 bits per heavy atom. The molecule has 5 nitrogen and oxygen atoms in total. The molecule has 0 aromatic heterocycles. The Hall–Kier alpha value is -1.88. The number of fused-ring (bicyclic) bond motifs is 1. The normalized spacial score (nSPS) is 33.6. The molecular weight excluding hydrogens is 352 g/mol.